The summed E-state index contributed by atoms with van der Waals surface area (Å²) in [4.78, 5) is 20.3. The molecular formula is C64H56N4SSi. The van der Waals surface area contributed by atoms with Crippen LogP contribution >= 0.6 is 11.8 Å². The Labute approximate surface area is 418 Å². The van der Waals surface area contributed by atoms with E-state index in [1.54, 1.807) is 11.8 Å². The molecule has 0 spiro atoms. The number of aryl methyl sites for hydroxylation is 6. The van der Waals surface area contributed by atoms with Crippen molar-refractivity contribution < 1.29 is 0 Å². The van der Waals surface area contributed by atoms with E-state index in [1.807, 2.05) is 0 Å². The molecular weight excluding hydrogens is 885 g/mol. The Morgan fingerprint density at radius 1 is 0.414 bits per heavy atom. The van der Waals surface area contributed by atoms with Crippen LogP contribution in [-0.2, 0) is 0 Å². The molecule has 0 atom stereocenters. The number of hydrogen-bond donors (Lipinski definition) is 2. The average Bonchev–Trinajstić information content (AvgIpc) is 4.18. The second kappa shape index (κ2) is 18.7. The van der Waals surface area contributed by atoms with Gasteiger partial charge in [-0.15, -0.1) is 17.3 Å². The Morgan fingerprint density at radius 2 is 0.814 bits per heavy atom. The molecule has 0 aliphatic carbocycles. The maximum absolute atomic E-state index is 5.59. The van der Waals surface area contributed by atoms with Crippen molar-refractivity contribution in [3.8, 4) is 67.8 Å². The molecule has 6 heteroatoms. The lowest BCUT2D eigenvalue weighted by Gasteiger charge is -2.13. The molecule has 0 unspecified atom stereocenters. The molecule has 2 aliphatic heterocycles. The first-order valence-corrected chi connectivity index (χ1v) is 28.6. The van der Waals surface area contributed by atoms with Crippen molar-refractivity contribution in [2.75, 3.05) is 6.26 Å². The number of hydrogen-bond acceptors (Lipinski definition) is 3. The lowest BCUT2D eigenvalue weighted by atomic mass is 9.92. The minimum atomic E-state index is -1.56. The fourth-order valence-electron chi connectivity index (χ4n) is 10.0. The summed E-state index contributed by atoms with van der Waals surface area (Å²) in [6.45, 7) is 20.0. The molecule has 342 valence electrons. The minimum absolute atomic E-state index is 0.859. The van der Waals surface area contributed by atoms with Crippen molar-refractivity contribution in [2.24, 2.45) is 0 Å². The number of benzene rings is 5. The van der Waals surface area contributed by atoms with Crippen LogP contribution in [0.5, 0.6) is 0 Å². The van der Waals surface area contributed by atoms with Crippen LogP contribution in [0.3, 0.4) is 0 Å². The number of nitrogens with one attached hydrogen (secondary N) is 2. The number of thioether (sulfide) groups is 1. The SMILES string of the molecule is CSc1cccc(C#Cc2ccc(-c3c4ccc([nH]4)c(-c4c(C)cc(C)cc4C)c4nc(c(-c5ccc(C#C[Si](C)(C)C)cc5)c5nc(c(-c6c(C)cc(C)cc6C)c6ccc3[nH]6)C=C5)C=C4)cc2)c1. The van der Waals surface area contributed by atoms with Crippen LogP contribution < -0.4 is 0 Å². The normalized spacial score (nSPS) is 11.9. The first kappa shape index (κ1) is 46.1. The van der Waals surface area contributed by atoms with Crippen molar-refractivity contribution in [1.82, 2.24) is 19.9 Å². The van der Waals surface area contributed by atoms with E-state index >= 15 is 0 Å². The van der Waals surface area contributed by atoms with E-state index < -0.39 is 8.07 Å². The quantitative estimate of drug-likeness (QED) is 0.103. The fraction of sp³-hybridized carbons (Fsp3) is 0.156. The van der Waals surface area contributed by atoms with Gasteiger partial charge in [0.2, 0.25) is 0 Å². The largest absolute Gasteiger partial charge is 0.354 e. The lowest BCUT2D eigenvalue weighted by Crippen LogP contribution is -2.16. The topological polar surface area (TPSA) is 57.4 Å². The maximum atomic E-state index is 5.59. The molecule has 8 aromatic rings. The molecule has 10 rings (SSSR count). The highest BCUT2D eigenvalue weighted by Gasteiger charge is 2.22. The summed E-state index contributed by atoms with van der Waals surface area (Å²) in [5, 5.41) is 0. The number of aromatic nitrogens is 4. The molecule has 0 amide bonds. The zero-order valence-corrected chi connectivity index (χ0v) is 43.5. The zero-order valence-electron chi connectivity index (χ0n) is 41.7. The van der Waals surface area contributed by atoms with E-state index in [4.69, 9.17) is 9.97 Å². The van der Waals surface area contributed by atoms with Gasteiger partial charge < -0.3 is 9.97 Å². The molecule has 0 fully saturated rings. The number of fused-ring (bicyclic) bond motifs is 8. The third-order valence-electron chi connectivity index (χ3n) is 13.0. The van der Waals surface area contributed by atoms with Crippen molar-refractivity contribution in [2.45, 2.75) is 66.1 Å². The highest BCUT2D eigenvalue weighted by molar-refractivity contribution is 7.98. The van der Waals surface area contributed by atoms with E-state index in [2.05, 4.69) is 246 Å². The van der Waals surface area contributed by atoms with Gasteiger partial charge in [0, 0.05) is 65.9 Å². The number of rotatable bonds is 5. The Hall–Kier alpha value is -7.61. The highest BCUT2D eigenvalue weighted by atomic mass is 32.2. The molecule has 70 heavy (non-hydrogen) atoms. The van der Waals surface area contributed by atoms with Crippen molar-refractivity contribution in [3.05, 3.63) is 194 Å². The van der Waals surface area contributed by atoms with Crippen molar-refractivity contribution >= 4 is 66.2 Å². The molecule has 0 radical (unpaired) electrons. The van der Waals surface area contributed by atoms with Crippen molar-refractivity contribution in [1.29, 1.82) is 0 Å². The molecule has 5 aromatic carbocycles. The van der Waals surface area contributed by atoms with Crippen LogP contribution in [-0.4, -0.2) is 34.3 Å². The Balaban J connectivity index is 1.30. The number of H-pyrrole nitrogens is 2. The van der Waals surface area contributed by atoms with Crippen LogP contribution in [0.1, 0.15) is 72.8 Å². The first-order chi connectivity index (χ1) is 33.7. The average molecular weight is 941 g/mol. The van der Waals surface area contributed by atoms with Crippen LogP contribution in [0, 0.1) is 64.8 Å². The summed E-state index contributed by atoms with van der Waals surface area (Å²) >= 11 is 1.73. The van der Waals surface area contributed by atoms with E-state index in [0.717, 1.165) is 94.9 Å². The van der Waals surface area contributed by atoms with Gasteiger partial charge in [0.25, 0.3) is 0 Å². The second-order valence-corrected chi connectivity index (χ2v) is 25.3. The summed E-state index contributed by atoms with van der Waals surface area (Å²) < 4.78 is 0. The predicted octanol–water partition coefficient (Wildman–Crippen LogP) is 16.5. The fourth-order valence-corrected chi connectivity index (χ4v) is 11.0. The third-order valence-corrected chi connectivity index (χ3v) is 14.6. The summed E-state index contributed by atoms with van der Waals surface area (Å²) in [6.07, 6.45) is 10.8. The Bertz CT molecular complexity index is 3590. The monoisotopic (exact) mass is 940 g/mol. The third kappa shape index (κ3) is 9.29. The van der Waals surface area contributed by atoms with Gasteiger partial charge in [-0.2, -0.15) is 0 Å². The van der Waals surface area contributed by atoms with Crippen LogP contribution in [0.15, 0.2) is 126 Å². The van der Waals surface area contributed by atoms with Crippen molar-refractivity contribution in [3.63, 3.8) is 0 Å². The van der Waals surface area contributed by atoms with E-state index in [1.165, 1.54) is 49.4 Å². The zero-order chi connectivity index (χ0) is 48.8. The van der Waals surface area contributed by atoms with Gasteiger partial charge in [-0.25, -0.2) is 9.97 Å². The Morgan fingerprint density at radius 3 is 1.26 bits per heavy atom. The van der Waals surface area contributed by atoms with E-state index in [-0.39, 0.29) is 0 Å². The van der Waals surface area contributed by atoms with Gasteiger partial charge in [-0.3, -0.25) is 0 Å². The predicted molar refractivity (Wildman–Crippen MR) is 303 cm³/mol. The molecule has 0 saturated carbocycles. The molecule has 8 bridgehead atoms. The van der Waals surface area contributed by atoms with Gasteiger partial charge in [0.05, 0.1) is 22.8 Å². The summed E-state index contributed by atoms with van der Waals surface area (Å²) in [6, 6.07) is 43.6. The summed E-state index contributed by atoms with van der Waals surface area (Å²) in [5.74, 6) is 10.3. The number of nitrogens with zero attached hydrogens (tertiary/aromatic N) is 2. The van der Waals surface area contributed by atoms with E-state index in [0.29, 0.717) is 0 Å². The van der Waals surface area contributed by atoms with Crippen LogP contribution in [0.2, 0.25) is 19.6 Å². The molecule has 0 saturated heterocycles. The van der Waals surface area contributed by atoms with Gasteiger partial charge >= 0.3 is 0 Å². The van der Waals surface area contributed by atoms with Gasteiger partial charge in [-0.1, -0.05) is 103 Å². The molecule has 5 heterocycles. The van der Waals surface area contributed by atoms with Gasteiger partial charge in [0.1, 0.15) is 8.07 Å². The number of aromatic amines is 2. The maximum Gasteiger partial charge on any atom is 0.129 e. The molecule has 4 nitrogen and oxygen atoms in total. The summed E-state index contributed by atoms with van der Waals surface area (Å²) in [7, 11) is -1.56. The smallest absolute Gasteiger partial charge is 0.129 e. The first-order valence-electron chi connectivity index (χ1n) is 23.9. The standard InChI is InChI=1S/C64H56N4SSi/c1-39-34-41(3)59(42(4)35-39)63-55-28-24-51(65-55)61(48-20-16-45(17-21-48)14-15-47-12-11-13-50(38-47)69-7)52-25-29-56(66-52)64(60-43(5)36-40(2)37-44(60)6)58-31-27-54(68-58)62(53-26-30-57(63)67-53)49-22-18-46(19-23-49)32-33-70(8,9)10/h11-13,16-31,34-38,65-66H,1-10H3. The lowest BCUT2D eigenvalue weighted by molar-refractivity contribution is 1.26. The Kier molecular flexibility index (Phi) is 12.3. The van der Waals surface area contributed by atoms with Gasteiger partial charge in [-0.05, 0) is 183 Å². The van der Waals surface area contributed by atoms with Crippen LogP contribution in [0.4, 0.5) is 0 Å². The highest BCUT2D eigenvalue weighted by Crippen LogP contribution is 2.41. The molecule has 2 aliphatic rings. The summed E-state index contributed by atoms with van der Waals surface area (Å²) in [5.41, 5.74) is 29.7. The second-order valence-electron chi connectivity index (χ2n) is 19.7. The van der Waals surface area contributed by atoms with Gasteiger partial charge in [0.15, 0.2) is 0 Å². The minimum Gasteiger partial charge on any atom is -0.354 e. The molecule has 2 N–H and O–H groups in total. The van der Waals surface area contributed by atoms with E-state index in [9.17, 15) is 0 Å². The van der Waals surface area contributed by atoms with Crippen LogP contribution in [0.25, 0.3) is 90.9 Å². The molecule has 3 aromatic heterocycles.